The van der Waals surface area contributed by atoms with Gasteiger partial charge in [0.25, 0.3) is 0 Å². The van der Waals surface area contributed by atoms with Gasteiger partial charge in [0.2, 0.25) is 0 Å². The molecule has 0 aromatic heterocycles. The van der Waals surface area contributed by atoms with E-state index in [1.165, 1.54) is 0 Å². The summed E-state index contributed by atoms with van der Waals surface area (Å²) < 4.78 is 0. The highest BCUT2D eigenvalue weighted by Gasteiger charge is 2.29. The van der Waals surface area contributed by atoms with Gasteiger partial charge in [0, 0.05) is 78.8 Å². The molecule has 70 heavy (non-hydrogen) atoms. The minimum Gasteiger partial charge on any atom is -0.115 e. The van der Waals surface area contributed by atoms with Crippen LogP contribution < -0.4 is 21.2 Å². The van der Waals surface area contributed by atoms with Gasteiger partial charge in [-0.05, 0) is 179 Å². The van der Waals surface area contributed by atoms with Crippen LogP contribution in [-0.2, 0) is 23.6 Å². The molecule has 0 saturated heterocycles. The second-order valence-corrected chi connectivity index (χ2v) is 25.7. The highest BCUT2D eigenvalue weighted by molar-refractivity contribution is 8.24. The summed E-state index contributed by atoms with van der Waals surface area (Å²) in [6.45, 7) is 0. The van der Waals surface area contributed by atoms with Crippen LogP contribution in [0.2, 0.25) is 0 Å². The van der Waals surface area contributed by atoms with E-state index in [1.54, 1.807) is 0 Å². The first-order valence-electron chi connectivity index (χ1n) is 22.1. The topological polar surface area (TPSA) is 0 Å². The summed E-state index contributed by atoms with van der Waals surface area (Å²) in [6, 6.07) is 59.3. The fraction of sp³-hybridized carbons (Fsp3) is 0.0303. The molecular weight excluding hydrogens is 919 g/mol. The normalized spacial score (nSPS) is 10.3. The van der Waals surface area contributed by atoms with Crippen LogP contribution in [0.15, 0.2) is 194 Å². The molecule has 0 radical (unpaired) electrons. The van der Waals surface area contributed by atoms with Gasteiger partial charge in [-0.25, -0.2) is 0 Å². The van der Waals surface area contributed by atoms with Gasteiger partial charge in [0.15, 0.2) is 0 Å². The van der Waals surface area contributed by atoms with E-state index < -0.39 is 12.1 Å². The molecule has 0 aliphatic heterocycles. The highest BCUT2D eigenvalue weighted by Crippen LogP contribution is 2.51. The first-order chi connectivity index (χ1) is 34.2. The van der Waals surface area contributed by atoms with Gasteiger partial charge in [0.05, 0.1) is 0 Å². The molecule has 0 fully saturated rings. The Morgan fingerprint density at radius 2 is 0.357 bits per heavy atom. The summed E-state index contributed by atoms with van der Waals surface area (Å²) in [6.07, 6.45) is 23.6. The Balaban J connectivity index is 1.15. The third-order valence-corrected chi connectivity index (χ3v) is 21.7. The van der Waals surface area contributed by atoms with E-state index in [4.69, 9.17) is 49.3 Å². The van der Waals surface area contributed by atoms with Gasteiger partial charge in [-0.1, -0.05) is 143 Å². The lowest BCUT2D eigenvalue weighted by molar-refractivity contribution is 1.50. The molecule has 0 amide bonds. The Hall–Kier alpha value is -8.46. The van der Waals surface area contributed by atoms with Gasteiger partial charge in [-0.2, -0.15) is 0 Å². The third kappa shape index (κ3) is 12.0. The number of hydrogen-bond donors (Lipinski definition) is 0. The number of rotatable bonds is 7. The molecule has 326 valence electrons. The van der Waals surface area contributed by atoms with Crippen molar-refractivity contribution in [1.29, 1.82) is 0 Å². The maximum atomic E-state index is 6.97. The second-order valence-electron chi connectivity index (χ2n) is 16.0. The van der Waals surface area contributed by atoms with Gasteiger partial charge >= 0.3 is 0 Å². The first kappa shape index (κ1) is 48.0. The van der Waals surface area contributed by atoms with Gasteiger partial charge in [-0.15, -0.1) is 25.7 Å². The molecule has 0 unspecified atom stereocenters. The SMILES string of the molecule is C#Cc1ccc(C#Cc2ccc(P(=S)(CCP(=S)(c3ccc(C#Cc4ccc(C#C)cc4)cc3)c3ccc(C#Cc4ccc(C#C)cc4)cc3)c3ccc(C#Cc4ccc(C#C)cc4)cc3)cc2)cc1. The zero-order valence-electron chi connectivity index (χ0n) is 37.9. The summed E-state index contributed by atoms with van der Waals surface area (Å²) in [5, 5.41) is 4.34. The van der Waals surface area contributed by atoms with Crippen molar-refractivity contribution in [1.82, 2.24) is 0 Å². The summed E-state index contributed by atoms with van der Waals surface area (Å²) in [7, 11) is 0. The van der Waals surface area contributed by atoms with Crippen molar-refractivity contribution in [3.05, 3.63) is 261 Å². The van der Waals surface area contributed by atoms with Crippen molar-refractivity contribution >= 4 is 56.9 Å². The minimum atomic E-state index is -2.50. The van der Waals surface area contributed by atoms with Crippen molar-refractivity contribution in [3.8, 4) is 96.7 Å². The molecule has 8 aromatic carbocycles. The average molecular weight is 959 g/mol. The van der Waals surface area contributed by atoms with Crippen molar-refractivity contribution in [2.24, 2.45) is 0 Å². The number of terminal acetylenes is 4. The smallest absolute Gasteiger partial charge is 0.0249 e. The molecule has 8 aromatic rings. The number of benzene rings is 8. The van der Waals surface area contributed by atoms with Crippen molar-refractivity contribution in [3.63, 3.8) is 0 Å². The maximum Gasteiger partial charge on any atom is 0.0249 e. The van der Waals surface area contributed by atoms with Crippen LogP contribution >= 0.6 is 12.1 Å². The van der Waals surface area contributed by atoms with Crippen LogP contribution in [0.1, 0.15) is 66.8 Å². The fourth-order valence-corrected chi connectivity index (χ4v) is 16.8. The first-order valence-corrected chi connectivity index (χ1v) is 28.1. The van der Waals surface area contributed by atoms with Crippen LogP contribution in [0.5, 0.6) is 0 Å². The summed E-state index contributed by atoms with van der Waals surface area (Å²) in [5.74, 6) is 37.0. The van der Waals surface area contributed by atoms with E-state index in [2.05, 4.69) is 168 Å². The van der Waals surface area contributed by atoms with Crippen LogP contribution in [-0.4, -0.2) is 12.3 Å². The van der Waals surface area contributed by atoms with Crippen molar-refractivity contribution in [2.45, 2.75) is 0 Å². The molecule has 0 aliphatic rings. The Kier molecular flexibility index (Phi) is 15.5. The van der Waals surface area contributed by atoms with E-state index in [1.807, 2.05) is 97.1 Å². The van der Waals surface area contributed by atoms with E-state index in [-0.39, 0.29) is 0 Å². The summed E-state index contributed by atoms with van der Waals surface area (Å²) in [4.78, 5) is 0. The molecule has 8 rings (SSSR count). The molecule has 0 aliphatic carbocycles. The zero-order valence-corrected chi connectivity index (χ0v) is 41.3. The highest BCUT2D eigenvalue weighted by atomic mass is 32.4. The molecule has 0 N–H and O–H groups in total. The van der Waals surface area contributed by atoms with Crippen LogP contribution in [0.4, 0.5) is 0 Å². The summed E-state index contributed by atoms with van der Waals surface area (Å²) >= 11 is 13.9. The Bertz CT molecular complexity index is 3250. The third-order valence-electron chi connectivity index (χ3n) is 11.5. The van der Waals surface area contributed by atoms with Crippen LogP contribution in [0.3, 0.4) is 0 Å². The Morgan fingerprint density at radius 3 is 0.500 bits per heavy atom. The lowest BCUT2D eigenvalue weighted by Crippen LogP contribution is -2.24. The van der Waals surface area contributed by atoms with Crippen molar-refractivity contribution < 1.29 is 0 Å². The van der Waals surface area contributed by atoms with E-state index >= 15 is 0 Å². The zero-order chi connectivity index (χ0) is 48.8. The fourth-order valence-electron chi connectivity index (χ4n) is 7.41. The average Bonchev–Trinajstić information content (AvgIpc) is 3.43. The van der Waals surface area contributed by atoms with E-state index in [0.29, 0.717) is 12.3 Å². The predicted molar refractivity (Wildman–Crippen MR) is 304 cm³/mol. The minimum absolute atomic E-state index is 0.684. The molecule has 0 spiro atoms. The molecular formula is C66H40P2S2. The van der Waals surface area contributed by atoms with Crippen LogP contribution in [0.25, 0.3) is 0 Å². The molecule has 0 saturated carbocycles. The van der Waals surface area contributed by atoms with Gasteiger partial charge < -0.3 is 0 Å². The Morgan fingerprint density at radius 1 is 0.229 bits per heavy atom. The lowest BCUT2D eigenvalue weighted by atomic mass is 10.1. The van der Waals surface area contributed by atoms with E-state index in [0.717, 1.165) is 88.0 Å². The Labute approximate surface area is 424 Å². The maximum absolute atomic E-state index is 6.97. The second kappa shape index (κ2) is 22.6. The number of hydrogen-bond acceptors (Lipinski definition) is 2. The van der Waals surface area contributed by atoms with Gasteiger partial charge in [0.1, 0.15) is 0 Å². The molecule has 0 bridgehead atoms. The van der Waals surface area contributed by atoms with E-state index in [9.17, 15) is 0 Å². The monoisotopic (exact) mass is 958 g/mol. The molecule has 0 atom stereocenters. The molecule has 0 heterocycles. The standard InChI is InChI=1S/C66H40P2S2/c1-5-51-9-17-55(18-10-51)25-29-59-33-41-63(42-34-59)67(69,64-43-35-60(36-44-64)30-26-56-19-11-52(6-2)12-20-56)49-50-68(70,65-45-37-61(38-46-65)31-27-57-21-13-53(7-3)14-22-57)66-47-39-62(40-48-66)32-28-58-23-15-54(8-4)16-24-58/h1-4,9-24,33-48H,49-50H2. The molecule has 0 nitrogen and oxygen atoms in total. The largest absolute Gasteiger partial charge is 0.115 e. The quantitative estimate of drug-likeness (QED) is 0.115. The summed E-state index contributed by atoms with van der Waals surface area (Å²) in [5.41, 5.74) is 10.4. The van der Waals surface area contributed by atoms with Gasteiger partial charge in [-0.3, -0.25) is 0 Å². The lowest BCUT2D eigenvalue weighted by Gasteiger charge is -2.29. The predicted octanol–water partition coefficient (Wildman–Crippen LogP) is 10.8. The molecule has 4 heteroatoms. The van der Waals surface area contributed by atoms with Crippen LogP contribution in [0, 0.1) is 96.7 Å². The van der Waals surface area contributed by atoms with Crippen molar-refractivity contribution in [2.75, 3.05) is 12.3 Å².